The van der Waals surface area contributed by atoms with Crippen LogP contribution in [-0.2, 0) is 16.1 Å². The van der Waals surface area contributed by atoms with Crippen LogP contribution >= 0.6 is 35.0 Å². The van der Waals surface area contributed by atoms with Crippen LogP contribution in [0.3, 0.4) is 0 Å². The zero-order chi connectivity index (χ0) is 22.5. The minimum absolute atomic E-state index is 0.0749. The zero-order valence-corrected chi connectivity index (χ0v) is 19.2. The first kappa shape index (κ1) is 22.4. The van der Waals surface area contributed by atoms with Gasteiger partial charge in [-0.25, -0.2) is 4.99 Å². The molecule has 0 radical (unpaired) electrons. The van der Waals surface area contributed by atoms with Gasteiger partial charge in [0.2, 0.25) is 11.8 Å². The molecule has 162 valence electrons. The van der Waals surface area contributed by atoms with Gasteiger partial charge in [0.05, 0.1) is 12.2 Å². The summed E-state index contributed by atoms with van der Waals surface area (Å²) in [4.78, 5) is 32.2. The van der Waals surface area contributed by atoms with Crippen LogP contribution in [0.2, 0.25) is 10.0 Å². The number of anilines is 1. The van der Waals surface area contributed by atoms with E-state index in [4.69, 9.17) is 23.2 Å². The van der Waals surface area contributed by atoms with Crippen LogP contribution in [0, 0.1) is 0 Å². The summed E-state index contributed by atoms with van der Waals surface area (Å²) in [7, 11) is 0. The molecule has 0 spiro atoms. The molecule has 1 heterocycles. The van der Waals surface area contributed by atoms with Gasteiger partial charge in [-0.15, -0.1) is 0 Å². The van der Waals surface area contributed by atoms with E-state index in [1.54, 1.807) is 53.4 Å². The van der Waals surface area contributed by atoms with Crippen LogP contribution in [0.4, 0.5) is 11.4 Å². The van der Waals surface area contributed by atoms with Gasteiger partial charge in [-0.3, -0.25) is 14.5 Å². The Bertz CT molecular complexity index is 1150. The van der Waals surface area contributed by atoms with Crippen molar-refractivity contribution in [2.45, 2.75) is 18.2 Å². The Balaban J connectivity index is 1.61. The van der Waals surface area contributed by atoms with Crippen molar-refractivity contribution < 1.29 is 9.59 Å². The third-order valence-corrected chi connectivity index (χ3v) is 6.44. The van der Waals surface area contributed by atoms with Crippen LogP contribution in [0.15, 0.2) is 83.9 Å². The Hall–Kier alpha value is -2.80. The van der Waals surface area contributed by atoms with Crippen LogP contribution in [0.25, 0.3) is 0 Å². The first-order valence-corrected chi connectivity index (χ1v) is 11.5. The molecule has 4 rings (SSSR count). The van der Waals surface area contributed by atoms with Crippen molar-refractivity contribution in [1.82, 2.24) is 4.90 Å². The van der Waals surface area contributed by atoms with E-state index < -0.39 is 5.25 Å². The average Bonchev–Trinajstić information content (AvgIpc) is 2.78. The number of para-hydroxylation sites is 1. The van der Waals surface area contributed by atoms with Gasteiger partial charge in [0, 0.05) is 22.2 Å². The summed E-state index contributed by atoms with van der Waals surface area (Å²) in [5.74, 6) is -0.410. The first-order valence-electron chi connectivity index (χ1n) is 9.89. The molecule has 1 unspecified atom stereocenters. The molecule has 1 aliphatic rings. The second kappa shape index (κ2) is 10.2. The molecule has 0 aromatic heterocycles. The molecule has 0 saturated carbocycles. The predicted molar refractivity (Wildman–Crippen MR) is 132 cm³/mol. The molecule has 8 heteroatoms. The maximum Gasteiger partial charge on any atom is 0.238 e. The van der Waals surface area contributed by atoms with E-state index >= 15 is 0 Å². The number of amides is 2. The topological polar surface area (TPSA) is 61.8 Å². The second-order valence-electron chi connectivity index (χ2n) is 7.15. The summed E-state index contributed by atoms with van der Waals surface area (Å²) < 4.78 is 0. The van der Waals surface area contributed by atoms with Crippen molar-refractivity contribution in [2.24, 2.45) is 4.99 Å². The minimum atomic E-state index is -0.595. The lowest BCUT2D eigenvalue weighted by atomic mass is 10.2. The van der Waals surface area contributed by atoms with Crippen LogP contribution in [0.1, 0.15) is 12.0 Å². The number of carbonyl (C=O) groups excluding carboxylic acids is 2. The van der Waals surface area contributed by atoms with Gasteiger partial charge >= 0.3 is 0 Å². The average molecular weight is 484 g/mol. The second-order valence-corrected chi connectivity index (χ2v) is 9.19. The highest BCUT2D eigenvalue weighted by Gasteiger charge is 2.36. The standard InChI is InChI=1S/C24H19Cl2N3O2S/c25-17-11-9-16(10-12-17)15-29-22(30)14-21(23(31)27-19-6-2-1-3-7-19)32-24(29)28-20-8-4-5-18(26)13-20/h1-13,21H,14-15H2,(H,27,31). The summed E-state index contributed by atoms with van der Waals surface area (Å²) in [6, 6.07) is 23.5. The fourth-order valence-corrected chi connectivity index (χ4v) is 4.58. The third-order valence-electron chi connectivity index (χ3n) is 4.76. The number of nitrogens with one attached hydrogen (secondary N) is 1. The van der Waals surface area contributed by atoms with Gasteiger partial charge in [-0.05, 0) is 48.0 Å². The highest BCUT2D eigenvalue weighted by molar-refractivity contribution is 8.15. The van der Waals surface area contributed by atoms with E-state index in [0.29, 0.717) is 33.1 Å². The van der Waals surface area contributed by atoms with Gasteiger partial charge in [0.1, 0.15) is 5.25 Å². The summed E-state index contributed by atoms with van der Waals surface area (Å²) in [5.41, 5.74) is 2.20. The molecule has 5 nitrogen and oxygen atoms in total. The van der Waals surface area contributed by atoms with Crippen LogP contribution < -0.4 is 5.32 Å². The number of aliphatic imine (C=N–C) groups is 1. The van der Waals surface area contributed by atoms with Gasteiger partial charge in [-0.2, -0.15) is 0 Å². The van der Waals surface area contributed by atoms with Crippen molar-refractivity contribution in [3.8, 4) is 0 Å². The molecule has 1 fully saturated rings. The fourth-order valence-electron chi connectivity index (χ4n) is 3.17. The zero-order valence-electron chi connectivity index (χ0n) is 16.9. The number of benzene rings is 3. The Morgan fingerprint density at radius 1 is 1.00 bits per heavy atom. The Kier molecular flexibility index (Phi) is 7.15. The van der Waals surface area contributed by atoms with E-state index in [0.717, 1.165) is 5.56 Å². The minimum Gasteiger partial charge on any atom is -0.325 e. The first-order chi connectivity index (χ1) is 15.5. The molecule has 0 bridgehead atoms. The summed E-state index contributed by atoms with van der Waals surface area (Å²) >= 11 is 13.4. The summed E-state index contributed by atoms with van der Waals surface area (Å²) in [5, 5.41) is 3.90. The highest BCUT2D eigenvalue weighted by atomic mass is 35.5. The quantitative estimate of drug-likeness (QED) is 0.472. The Morgan fingerprint density at radius 3 is 2.47 bits per heavy atom. The monoisotopic (exact) mass is 483 g/mol. The lowest BCUT2D eigenvalue weighted by Gasteiger charge is -2.32. The number of carbonyl (C=O) groups is 2. The maximum absolute atomic E-state index is 13.1. The molecular weight excluding hydrogens is 465 g/mol. The van der Waals surface area contributed by atoms with E-state index in [-0.39, 0.29) is 18.2 Å². The molecule has 3 aromatic carbocycles. The fraction of sp³-hybridized carbons (Fsp3) is 0.125. The van der Waals surface area contributed by atoms with Crippen LogP contribution in [-0.4, -0.2) is 27.1 Å². The number of thioether (sulfide) groups is 1. The molecule has 2 amide bonds. The van der Waals surface area contributed by atoms with E-state index in [1.807, 2.05) is 30.3 Å². The van der Waals surface area contributed by atoms with Crippen LogP contribution in [0.5, 0.6) is 0 Å². The molecular formula is C24H19Cl2N3O2S. The molecule has 0 aliphatic carbocycles. The molecule has 1 aliphatic heterocycles. The normalized spacial score (nSPS) is 17.4. The lowest BCUT2D eigenvalue weighted by molar-refractivity contribution is -0.129. The number of hydrogen-bond acceptors (Lipinski definition) is 4. The number of rotatable bonds is 5. The molecule has 1 saturated heterocycles. The van der Waals surface area contributed by atoms with Gasteiger partial charge in [-0.1, -0.05) is 71.4 Å². The maximum atomic E-state index is 13.1. The number of hydrogen-bond donors (Lipinski definition) is 1. The lowest BCUT2D eigenvalue weighted by Crippen LogP contribution is -2.44. The smallest absolute Gasteiger partial charge is 0.238 e. The molecule has 1 atom stereocenters. The summed E-state index contributed by atoms with van der Waals surface area (Å²) in [6.07, 6.45) is 0.0749. The van der Waals surface area contributed by atoms with Crippen molar-refractivity contribution in [3.05, 3.63) is 94.5 Å². The SMILES string of the molecule is O=C(Nc1ccccc1)C1CC(=O)N(Cc2ccc(Cl)cc2)C(=Nc2cccc(Cl)c2)S1. The van der Waals surface area contributed by atoms with Crippen molar-refractivity contribution in [2.75, 3.05) is 5.32 Å². The number of nitrogens with zero attached hydrogens (tertiary/aromatic N) is 2. The van der Waals surface area contributed by atoms with E-state index in [1.165, 1.54) is 11.8 Å². The Labute approximate surface area is 200 Å². The van der Waals surface area contributed by atoms with Gasteiger partial charge < -0.3 is 5.32 Å². The molecule has 3 aromatic rings. The van der Waals surface area contributed by atoms with Gasteiger partial charge in [0.25, 0.3) is 0 Å². The van der Waals surface area contributed by atoms with E-state index in [9.17, 15) is 9.59 Å². The number of amidine groups is 1. The van der Waals surface area contributed by atoms with E-state index in [2.05, 4.69) is 10.3 Å². The number of halogens is 2. The summed E-state index contributed by atoms with van der Waals surface area (Å²) in [6.45, 7) is 0.329. The Morgan fingerprint density at radius 2 is 1.75 bits per heavy atom. The van der Waals surface area contributed by atoms with Gasteiger partial charge in [0.15, 0.2) is 5.17 Å². The molecule has 1 N–H and O–H groups in total. The molecule has 32 heavy (non-hydrogen) atoms. The third kappa shape index (κ3) is 5.71. The van der Waals surface area contributed by atoms with Crippen molar-refractivity contribution >= 4 is 63.3 Å². The van der Waals surface area contributed by atoms with Crippen molar-refractivity contribution in [1.29, 1.82) is 0 Å². The largest absolute Gasteiger partial charge is 0.325 e. The van der Waals surface area contributed by atoms with Crippen molar-refractivity contribution in [3.63, 3.8) is 0 Å². The highest BCUT2D eigenvalue weighted by Crippen LogP contribution is 2.31. The predicted octanol–water partition coefficient (Wildman–Crippen LogP) is 6.15.